The van der Waals surface area contributed by atoms with Gasteiger partial charge in [0.25, 0.3) is 5.56 Å². The molecule has 0 aliphatic carbocycles. The number of phosphoric ester groups is 1. The van der Waals surface area contributed by atoms with Crippen LogP contribution in [0.25, 0.3) is 0 Å². The van der Waals surface area contributed by atoms with Crippen LogP contribution in [0.2, 0.25) is 0 Å². The molecule has 1 aliphatic heterocycles. The average molecular weight is 551 g/mol. The Morgan fingerprint density at radius 2 is 1.89 bits per heavy atom. The van der Waals surface area contributed by atoms with Crippen molar-refractivity contribution in [1.29, 1.82) is 0 Å². The van der Waals surface area contributed by atoms with Crippen LogP contribution in [0.3, 0.4) is 0 Å². The van der Waals surface area contributed by atoms with E-state index in [-0.39, 0.29) is 26.4 Å². The van der Waals surface area contributed by atoms with Crippen molar-refractivity contribution in [3.63, 3.8) is 0 Å². The molecule has 0 saturated carbocycles. The van der Waals surface area contributed by atoms with Crippen molar-refractivity contribution in [2.75, 3.05) is 40.6 Å². The van der Waals surface area contributed by atoms with Crippen molar-refractivity contribution in [2.24, 2.45) is 5.41 Å². The predicted molar refractivity (Wildman–Crippen MR) is 127 cm³/mol. The van der Waals surface area contributed by atoms with Crippen LogP contribution in [0, 0.1) is 5.41 Å². The van der Waals surface area contributed by atoms with Gasteiger partial charge in [-0.2, -0.15) is 0 Å². The van der Waals surface area contributed by atoms with Gasteiger partial charge in [0.2, 0.25) is 0 Å². The van der Waals surface area contributed by atoms with Crippen LogP contribution in [-0.4, -0.2) is 80.5 Å². The Kier molecular flexibility index (Phi) is 11.0. The average Bonchev–Trinajstić information content (AvgIpc) is 3.16. The molecule has 0 bridgehead atoms. The second-order valence-corrected chi connectivity index (χ2v) is 10.5. The molecule has 1 aromatic heterocycles. The number of likely N-dealkylation sites (N-methyl/N-ethyl adjacent to an activating group) is 1. The monoisotopic (exact) mass is 551 g/mol. The van der Waals surface area contributed by atoms with E-state index < -0.39 is 61.1 Å². The van der Waals surface area contributed by atoms with Crippen LogP contribution in [0.15, 0.2) is 21.9 Å². The minimum atomic E-state index is -4.27. The standard InChI is InChI=1S/C21H34N3O12P/c1-7-31-20(28)32-10-11-34-37(29,30-6)36-16-13(12-33-18(26)21(2,3)4)35-17(15(16)22-5)24-9-8-14(25)23-19(24)27/h8-9,13,15-17,22H,7,10-12H2,1-6H3,(H,23,25,27)/t13-,15?,16?,17-,37?/m1/s1. The third-order valence-corrected chi connectivity index (χ3v) is 6.53. The summed E-state index contributed by atoms with van der Waals surface area (Å²) < 4.78 is 51.0. The lowest BCUT2D eigenvalue weighted by Crippen LogP contribution is -2.46. The van der Waals surface area contributed by atoms with E-state index in [0.717, 1.165) is 17.7 Å². The Hall–Kier alpha value is -2.55. The van der Waals surface area contributed by atoms with Crippen LogP contribution in [0.1, 0.15) is 33.9 Å². The van der Waals surface area contributed by atoms with Gasteiger partial charge in [-0.15, -0.1) is 0 Å². The van der Waals surface area contributed by atoms with Gasteiger partial charge in [-0.3, -0.25) is 32.7 Å². The maximum Gasteiger partial charge on any atom is 0.508 e. The molecule has 1 fully saturated rings. The van der Waals surface area contributed by atoms with E-state index in [2.05, 4.69) is 15.0 Å². The molecule has 16 heteroatoms. The summed E-state index contributed by atoms with van der Waals surface area (Å²) in [6.07, 6.45) is -2.91. The Morgan fingerprint density at radius 3 is 2.46 bits per heavy atom. The van der Waals surface area contributed by atoms with Crippen LogP contribution in [0.5, 0.6) is 0 Å². The van der Waals surface area contributed by atoms with E-state index in [0.29, 0.717) is 0 Å². The fourth-order valence-electron chi connectivity index (χ4n) is 3.26. The summed E-state index contributed by atoms with van der Waals surface area (Å²) in [4.78, 5) is 49.8. The zero-order chi connectivity index (χ0) is 27.8. The maximum atomic E-state index is 13.2. The molecule has 5 atom stereocenters. The molecule has 2 rings (SSSR count). The number of hydrogen-bond acceptors (Lipinski definition) is 13. The van der Waals surface area contributed by atoms with E-state index >= 15 is 0 Å². The summed E-state index contributed by atoms with van der Waals surface area (Å²) in [5, 5.41) is 2.93. The number of esters is 1. The van der Waals surface area contributed by atoms with Gasteiger partial charge < -0.3 is 24.3 Å². The molecule has 1 aliphatic rings. The molecule has 1 saturated heterocycles. The Balaban J connectivity index is 2.26. The quantitative estimate of drug-likeness (QED) is 0.213. The highest BCUT2D eigenvalue weighted by molar-refractivity contribution is 7.48. The van der Waals surface area contributed by atoms with Gasteiger partial charge in [0, 0.05) is 19.4 Å². The van der Waals surface area contributed by atoms with Gasteiger partial charge in [-0.25, -0.2) is 14.2 Å². The molecule has 37 heavy (non-hydrogen) atoms. The van der Waals surface area contributed by atoms with Crippen LogP contribution in [-0.2, 0) is 41.9 Å². The smallest absolute Gasteiger partial charge is 0.462 e. The van der Waals surface area contributed by atoms with Gasteiger partial charge in [-0.05, 0) is 34.7 Å². The Bertz CT molecular complexity index is 1080. The van der Waals surface area contributed by atoms with Gasteiger partial charge in [-0.1, -0.05) is 0 Å². The second-order valence-electron chi connectivity index (χ2n) is 8.81. The summed E-state index contributed by atoms with van der Waals surface area (Å²) in [6.45, 7) is 5.77. The zero-order valence-corrected chi connectivity index (χ0v) is 22.5. The number of ether oxygens (including phenoxy) is 4. The van der Waals surface area contributed by atoms with Gasteiger partial charge in [0.1, 0.15) is 25.4 Å². The molecule has 0 spiro atoms. The summed E-state index contributed by atoms with van der Waals surface area (Å²) in [5.41, 5.74) is -2.17. The SMILES string of the molecule is CCOC(=O)OCCOP(=O)(OC)OC1C(NC)[C@H](n2ccc(=O)[nH]c2=O)O[C@@H]1COC(=O)C(C)(C)C. The molecule has 2 N–H and O–H groups in total. The lowest BCUT2D eigenvalue weighted by Gasteiger charge is -2.27. The van der Waals surface area contributed by atoms with E-state index in [9.17, 15) is 23.7 Å². The number of aromatic nitrogens is 2. The number of phosphoric acid groups is 1. The topological polar surface area (TPSA) is 183 Å². The number of carbonyl (C=O) groups excluding carboxylic acids is 2. The Morgan fingerprint density at radius 1 is 1.19 bits per heavy atom. The number of rotatable bonds is 12. The first kappa shape index (κ1) is 30.7. The third-order valence-electron chi connectivity index (χ3n) is 5.08. The molecule has 0 radical (unpaired) electrons. The van der Waals surface area contributed by atoms with Crippen molar-refractivity contribution < 1.29 is 46.7 Å². The number of nitrogens with one attached hydrogen (secondary N) is 2. The highest BCUT2D eigenvalue weighted by atomic mass is 31.2. The minimum absolute atomic E-state index is 0.118. The van der Waals surface area contributed by atoms with Crippen LogP contribution in [0.4, 0.5) is 4.79 Å². The van der Waals surface area contributed by atoms with E-state index in [1.165, 1.54) is 6.20 Å². The molecule has 3 unspecified atom stereocenters. The highest BCUT2D eigenvalue weighted by Crippen LogP contribution is 2.52. The number of nitrogens with zero attached hydrogens (tertiary/aromatic N) is 1. The van der Waals surface area contributed by atoms with Crippen molar-refractivity contribution in [2.45, 2.75) is 52.2 Å². The number of hydrogen-bond donors (Lipinski definition) is 2. The first-order chi connectivity index (χ1) is 17.3. The van der Waals surface area contributed by atoms with Crippen molar-refractivity contribution in [3.8, 4) is 0 Å². The molecular weight excluding hydrogens is 517 g/mol. The minimum Gasteiger partial charge on any atom is -0.462 e. The van der Waals surface area contributed by atoms with Gasteiger partial charge >= 0.3 is 25.6 Å². The number of aromatic amines is 1. The number of carbonyl (C=O) groups is 2. The lowest BCUT2D eigenvalue weighted by atomic mass is 9.97. The first-order valence-electron chi connectivity index (χ1n) is 11.4. The van der Waals surface area contributed by atoms with Crippen molar-refractivity contribution in [1.82, 2.24) is 14.9 Å². The molecular formula is C21H34N3O12P. The maximum absolute atomic E-state index is 13.2. The summed E-state index contributed by atoms with van der Waals surface area (Å²) in [6, 6.07) is 0.289. The van der Waals surface area contributed by atoms with E-state index in [1.807, 2.05) is 0 Å². The summed E-state index contributed by atoms with van der Waals surface area (Å²) in [7, 11) is -1.63. The van der Waals surface area contributed by atoms with Crippen LogP contribution >= 0.6 is 7.82 Å². The van der Waals surface area contributed by atoms with Crippen molar-refractivity contribution in [3.05, 3.63) is 33.1 Å². The normalized spacial score (nSPS) is 23.3. The number of H-pyrrole nitrogens is 1. The summed E-state index contributed by atoms with van der Waals surface area (Å²) >= 11 is 0. The largest absolute Gasteiger partial charge is 0.508 e. The molecule has 2 heterocycles. The lowest BCUT2D eigenvalue weighted by molar-refractivity contribution is -0.159. The second kappa shape index (κ2) is 13.3. The molecule has 15 nitrogen and oxygen atoms in total. The highest BCUT2D eigenvalue weighted by Gasteiger charge is 2.50. The third kappa shape index (κ3) is 8.48. The van der Waals surface area contributed by atoms with Crippen LogP contribution < -0.4 is 16.6 Å². The fraction of sp³-hybridized carbons (Fsp3) is 0.714. The summed E-state index contributed by atoms with van der Waals surface area (Å²) in [5.74, 6) is -0.525. The van der Waals surface area contributed by atoms with Gasteiger partial charge in [0.15, 0.2) is 6.23 Å². The molecule has 0 amide bonds. The predicted octanol–water partition coefficient (Wildman–Crippen LogP) is 0.941. The molecule has 0 aromatic carbocycles. The van der Waals surface area contributed by atoms with Gasteiger partial charge in [0.05, 0.1) is 24.7 Å². The first-order valence-corrected chi connectivity index (χ1v) is 12.9. The Labute approximate surface area is 213 Å². The fourth-order valence-corrected chi connectivity index (χ4v) is 4.37. The van der Waals surface area contributed by atoms with E-state index in [1.54, 1.807) is 34.7 Å². The molecule has 1 aromatic rings. The van der Waals surface area contributed by atoms with Crippen molar-refractivity contribution >= 4 is 19.9 Å². The van der Waals surface area contributed by atoms with E-state index in [4.69, 9.17) is 27.8 Å². The molecule has 210 valence electrons. The zero-order valence-electron chi connectivity index (χ0n) is 21.6.